The van der Waals surface area contributed by atoms with Crippen LogP contribution in [0.2, 0.25) is 0 Å². The number of aliphatic hydroxyl groups is 3. The molecule has 1 aliphatic rings. The van der Waals surface area contributed by atoms with Gasteiger partial charge in [0.05, 0.1) is 12.7 Å². The molecule has 0 aromatic heterocycles. The van der Waals surface area contributed by atoms with Gasteiger partial charge in [0.15, 0.2) is 0 Å². The highest BCUT2D eigenvalue weighted by Gasteiger charge is 2.45. The van der Waals surface area contributed by atoms with Crippen LogP contribution in [0.15, 0.2) is 12.7 Å². The maximum Gasteiger partial charge on any atom is 0.111 e. The summed E-state index contributed by atoms with van der Waals surface area (Å²) in [6, 6.07) is 0. The summed E-state index contributed by atoms with van der Waals surface area (Å²) in [5.41, 5.74) is 0. The van der Waals surface area contributed by atoms with Crippen molar-refractivity contribution in [2.45, 2.75) is 38.3 Å². The third kappa shape index (κ3) is 2.39. The highest BCUT2D eigenvalue weighted by atomic mass is 16.6. The van der Waals surface area contributed by atoms with E-state index in [4.69, 9.17) is 9.84 Å². The number of hydrogen-bond donors (Lipinski definition) is 3. The molecular formula is C11H20O4. The first-order valence-electron chi connectivity index (χ1n) is 5.28. The van der Waals surface area contributed by atoms with Crippen LogP contribution < -0.4 is 0 Å². The summed E-state index contributed by atoms with van der Waals surface area (Å²) < 4.78 is 5.42. The number of allylic oxidation sites excluding steroid dienone is 1. The van der Waals surface area contributed by atoms with E-state index >= 15 is 0 Å². The predicted octanol–water partition coefficient (Wildman–Crippen LogP) is -0.0739. The second-order valence-electron chi connectivity index (χ2n) is 4.26. The molecule has 0 aromatic carbocycles. The lowest BCUT2D eigenvalue weighted by Crippen LogP contribution is -2.37. The summed E-state index contributed by atoms with van der Waals surface area (Å²) in [5, 5.41) is 28.3. The fourth-order valence-corrected chi connectivity index (χ4v) is 1.88. The SMILES string of the molecule is C=CC(C)C(C)C1OC(CO)C(O)C1O. The Bertz CT molecular complexity index is 219. The van der Waals surface area contributed by atoms with Gasteiger partial charge in [-0.25, -0.2) is 0 Å². The van der Waals surface area contributed by atoms with Gasteiger partial charge in [-0.15, -0.1) is 6.58 Å². The second-order valence-corrected chi connectivity index (χ2v) is 4.26. The van der Waals surface area contributed by atoms with Gasteiger partial charge in [0.1, 0.15) is 18.3 Å². The lowest BCUT2D eigenvalue weighted by atomic mass is 9.87. The van der Waals surface area contributed by atoms with Crippen LogP contribution in [0, 0.1) is 11.8 Å². The molecule has 0 aliphatic carbocycles. The van der Waals surface area contributed by atoms with Crippen molar-refractivity contribution >= 4 is 0 Å². The molecule has 4 nitrogen and oxygen atoms in total. The van der Waals surface area contributed by atoms with Gasteiger partial charge in [-0.05, 0) is 11.8 Å². The lowest BCUT2D eigenvalue weighted by molar-refractivity contribution is -0.0460. The van der Waals surface area contributed by atoms with E-state index in [1.54, 1.807) is 6.08 Å². The fourth-order valence-electron chi connectivity index (χ4n) is 1.88. The first-order valence-corrected chi connectivity index (χ1v) is 5.28. The monoisotopic (exact) mass is 216 g/mol. The third-order valence-corrected chi connectivity index (χ3v) is 3.30. The summed E-state index contributed by atoms with van der Waals surface area (Å²) in [6.07, 6.45) is -1.26. The second kappa shape index (κ2) is 5.07. The minimum atomic E-state index is -1.00. The maximum absolute atomic E-state index is 9.75. The van der Waals surface area contributed by atoms with Crippen LogP contribution in [0.4, 0.5) is 0 Å². The minimum absolute atomic E-state index is 0.0590. The average molecular weight is 216 g/mol. The number of aliphatic hydroxyl groups excluding tert-OH is 3. The highest BCUT2D eigenvalue weighted by molar-refractivity contribution is 4.95. The zero-order valence-electron chi connectivity index (χ0n) is 9.21. The van der Waals surface area contributed by atoms with Crippen LogP contribution in [0.5, 0.6) is 0 Å². The van der Waals surface area contributed by atoms with Gasteiger partial charge in [0, 0.05) is 0 Å². The van der Waals surface area contributed by atoms with Gasteiger partial charge in [0.2, 0.25) is 0 Å². The van der Waals surface area contributed by atoms with Gasteiger partial charge in [-0.3, -0.25) is 0 Å². The van der Waals surface area contributed by atoms with E-state index in [0.29, 0.717) is 0 Å². The van der Waals surface area contributed by atoms with Crippen molar-refractivity contribution in [3.05, 3.63) is 12.7 Å². The molecule has 0 radical (unpaired) electrons. The molecule has 0 aromatic rings. The molecule has 1 fully saturated rings. The van der Waals surface area contributed by atoms with Crippen LogP contribution in [0.3, 0.4) is 0 Å². The van der Waals surface area contributed by atoms with Gasteiger partial charge >= 0.3 is 0 Å². The van der Waals surface area contributed by atoms with Crippen molar-refractivity contribution < 1.29 is 20.1 Å². The Labute approximate surface area is 90.2 Å². The summed E-state index contributed by atoms with van der Waals surface area (Å²) >= 11 is 0. The van der Waals surface area contributed by atoms with Crippen molar-refractivity contribution in [2.24, 2.45) is 11.8 Å². The zero-order valence-corrected chi connectivity index (χ0v) is 9.21. The predicted molar refractivity (Wildman–Crippen MR) is 56.3 cm³/mol. The summed E-state index contributed by atoms with van der Waals surface area (Å²) in [6.45, 7) is 7.33. The van der Waals surface area contributed by atoms with E-state index in [0.717, 1.165) is 0 Å². The minimum Gasteiger partial charge on any atom is -0.394 e. The molecule has 1 rings (SSSR count). The fraction of sp³-hybridized carbons (Fsp3) is 0.818. The highest BCUT2D eigenvalue weighted by Crippen LogP contribution is 2.30. The molecule has 0 spiro atoms. The van der Waals surface area contributed by atoms with E-state index in [1.807, 2.05) is 13.8 Å². The number of hydrogen-bond acceptors (Lipinski definition) is 4. The van der Waals surface area contributed by atoms with E-state index in [-0.39, 0.29) is 18.4 Å². The Morgan fingerprint density at radius 1 is 1.33 bits per heavy atom. The molecule has 0 amide bonds. The van der Waals surface area contributed by atoms with Crippen LogP contribution >= 0.6 is 0 Å². The first-order chi connectivity index (χ1) is 7.02. The van der Waals surface area contributed by atoms with Crippen molar-refractivity contribution in [1.82, 2.24) is 0 Å². The molecule has 3 N–H and O–H groups in total. The Morgan fingerprint density at radius 2 is 1.93 bits per heavy atom. The Balaban J connectivity index is 2.68. The molecule has 1 saturated heterocycles. The Morgan fingerprint density at radius 3 is 2.33 bits per heavy atom. The van der Waals surface area contributed by atoms with Crippen LogP contribution in [-0.2, 0) is 4.74 Å². The van der Waals surface area contributed by atoms with Gasteiger partial charge in [-0.2, -0.15) is 0 Å². The molecule has 6 atom stereocenters. The van der Waals surface area contributed by atoms with Crippen LogP contribution in [0.25, 0.3) is 0 Å². The molecule has 0 bridgehead atoms. The molecule has 1 heterocycles. The van der Waals surface area contributed by atoms with E-state index in [9.17, 15) is 10.2 Å². The van der Waals surface area contributed by atoms with E-state index in [1.165, 1.54) is 0 Å². The third-order valence-electron chi connectivity index (χ3n) is 3.30. The van der Waals surface area contributed by atoms with Crippen LogP contribution in [-0.4, -0.2) is 46.3 Å². The quantitative estimate of drug-likeness (QED) is 0.575. The first kappa shape index (κ1) is 12.6. The zero-order chi connectivity index (χ0) is 11.6. The van der Waals surface area contributed by atoms with Crippen molar-refractivity contribution in [3.8, 4) is 0 Å². The van der Waals surface area contributed by atoms with Crippen molar-refractivity contribution in [3.63, 3.8) is 0 Å². The number of ether oxygens (including phenoxy) is 1. The molecule has 6 unspecified atom stereocenters. The molecular weight excluding hydrogens is 196 g/mol. The van der Waals surface area contributed by atoms with Gasteiger partial charge < -0.3 is 20.1 Å². The van der Waals surface area contributed by atoms with E-state index in [2.05, 4.69) is 6.58 Å². The Hall–Kier alpha value is -0.420. The molecule has 88 valence electrons. The molecule has 4 heteroatoms. The normalized spacial score (nSPS) is 40.1. The molecule has 1 aliphatic heterocycles. The van der Waals surface area contributed by atoms with Gasteiger partial charge in [0.25, 0.3) is 0 Å². The van der Waals surface area contributed by atoms with Gasteiger partial charge in [-0.1, -0.05) is 19.9 Å². The summed E-state index contributed by atoms with van der Waals surface area (Å²) in [5.74, 6) is 0.248. The maximum atomic E-state index is 9.75. The van der Waals surface area contributed by atoms with E-state index < -0.39 is 24.4 Å². The molecule has 0 saturated carbocycles. The average Bonchev–Trinajstić information content (AvgIpc) is 2.54. The van der Waals surface area contributed by atoms with Crippen molar-refractivity contribution in [2.75, 3.05) is 6.61 Å². The topological polar surface area (TPSA) is 69.9 Å². The van der Waals surface area contributed by atoms with Crippen molar-refractivity contribution in [1.29, 1.82) is 0 Å². The lowest BCUT2D eigenvalue weighted by Gasteiger charge is -2.25. The molecule has 15 heavy (non-hydrogen) atoms. The van der Waals surface area contributed by atoms with Crippen LogP contribution in [0.1, 0.15) is 13.8 Å². The Kier molecular flexibility index (Phi) is 4.28. The largest absolute Gasteiger partial charge is 0.394 e. The smallest absolute Gasteiger partial charge is 0.111 e. The summed E-state index contributed by atoms with van der Waals surface area (Å²) in [7, 11) is 0. The number of rotatable bonds is 4. The standard InChI is InChI=1S/C11H20O4/c1-4-6(2)7(3)11-10(14)9(13)8(5-12)15-11/h4,6-14H,1,5H2,2-3H3. The summed E-state index contributed by atoms with van der Waals surface area (Å²) in [4.78, 5) is 0.